The lowest BCUT2D eigenvalue weighted by Gasteiger charge is -2.11. The van der Waals surface area contributed by atoms with E-state index in [1.165, 1.54) is 0 Å². The van der Waals surface area contributed by atoms with Gasteiger partial charge in [0.25, 0.3) is 0 Å². The minimum atomic E-state index is -0.826. The maximum atomic E-state index is 12.8. The number of rotatable bonds is 2. The Hall–Kier alpha value is -0.840. The summed E-state index contributed by atoms with van der Waals surface area (Å²) < 4.78 is 12.8. The van der Waals surface area contributed by atoms with E-state index in [9.17, 15) is 9.50 Å². The fraction of sp³-hybridized carbons (Fsp3) is 0.250. The highest BCUT2D eigenvalue weighted by Gasteiger charge is 2.14. The molecule has 5 heteroatoms. The summed E-state index contributed by atoms with van der Waals surface area (Å²) in [7, 11) is 0. The van der Waals surface area contributed by atoms with E-state index in [0.29, 0.717) is 0 Å². The number of phenols is 1. The van der Waals surface area contributed by atoms with Crippen LogP contribution in [0.15, 0.2) is 12.1 Å². The van der Waals surface area contributed by atoms with E-state index in [1.807, 2.05) is 0 Å². The normalized spacial score (nSPS) is 12.9. The molecule has 0 radical (unpaired) electrons. The van der Waals surface area contributed by atoms with Crippen LogP contribution in [0.5, 0.6) is 5.75 Å². The molecular weight excluding hydrogens is 197 g/mol. The van der Waals surface area contributed by atoms with Gasteiger partial charge in [0.1, 0.15) is 11.6 Å². The van der Waals surface area contributed by atoms with Crippen LogP contribution >= 0.6 is 11.6 Å². The van der Waals surface area contributed by atoms with Gasteiger partial charge in [0, 0.05) is 5.56 Å². The second-order valence-electron chi connectivity index (χ2n) is 2.61. The Morgan fingerprint density at radius 2 is 2.15 bits per heavy atom. The average Bonchev–Trinajstić information content (AvgIpc) is 2.10. The molecule has 0 aliphatic carbocycles. The number of aliphatic hydroxyl groups excluding tert-OH is 1. The third-order valence-electron chi connectivity index (χ3n) is 1.65. The van der Waals surface area contributed by atoms with E-state index in [1.54, 1.807) is 0 Å². The quantitative estimate of drug-likeness (QED) is 0.679. The van der Waals surface area contributed by atoms with Crippen molar-refractivity contribution >= 4 is 11.6 Å². The molecule has 0 amide bonds. The number of nitrogens with two attached hydrogens (primary N) is 1. The molecular formula is C8H9ClFNO2. The maximum absolute atomic E-state index is 12.8. The standard InChI is InChI=1S/C8H9ClFNO2/c9-6-2-4(10)1-5(8(6)13)7(11)3-12/h1-2,7,12-13H,3,11H2/t7-/m1/s1. The first-order chi connectivity index (χ1) is 6.06. The van der Waals surface area contributed by atoms with Gasteiger partial charge in [-0.3, -0.25) is 0 Å². The van der Waals surface area contributed by atoms with Crippen LogP contribution < -0.4 is 5.73 Å². The minimum absolute atomic E-state index is 0.104. The van der Waals surface area contributed by atoms with E-state index in [4.69, 9.17) is 22.4 Å². The molecule has 1 aromatic carbocycles. The lowest BCUT2D eigenvalue weighted by atomic mass is 10.1. The van der Waals surface area contributed by atoms with Crippen molar-refractivity contribution in [3.8, 4) is 5.75 Å². The number of hydrogen-bond acceptors (Lipinski definition) is 3. The molecule has 0 aliphatic heterocycles. The summed E-state index contributed by atoms with van der Waals surface area (Å²) in [5.41, 5.74) is 5.50. The Bertz CT molecular complexity index is 319. The summed E-state index contributed by atoms with van der Waals surface area (Å²) in [6.07, 6.45) is 0. The number of aliphatic hydroxyl groups is 1. The topological polar surface area (TPSA) is 66.5 Å². The lowest BCUT2D eigenvalue weighted by Crippen LogP contribution is -2.14. The smallest absolute Gasteiger partial charge is 0.139 e. The zero-order valence-electron chi connectivity index (χ0n) is 6.67. The number of halogens is 2. The van der Waals surface area contributed by atoms with E-state index in [2.05, 4.69) is 0 Å². The largest absolute Gasteiger partial charge is 0.506 e. The molecule has 0 saturated heterocycles. The summed E-state index contributed by atoms with van der Waals surface area (Å²) in [6.45, 7) is -0.382. The van der Waals surface area contributed by atoms with Crippen molar-refractivity contribution in [2.75, 3.05) is 6.61 Å². The summed E-state index contributed by atoms with van der Waals surface area (Å²) >= 11 is 5.49. The van der Waals surface area contributed by atoms with Crippen LogP contribution in [-0.2, 0) is 0 Å². The van der Waals surface area contributed by atoms with Crippen molar-refractivity contribution in [3.63, 3.8) is 0 Å². The maximum Gasteiger partial charge on any atom is 0.139 e. The van der Waals surface area contributed by atoms with Crippen molar-refractivity contribution in [1.82, 2.24) is 0 Å². The Morgan fingerprint density at radius 1 is 1.54 bits per heavy atom. The van der Waals surface area contributed by atoms with Gasteiger partial charge >= 0.3 is 0 Å². The van der Waals surface area contributed by atoms with Crippen molar-refractivity contribution in [3.05, 3.63) is 28.5 Å². The van der Waals surface area contributed by atoms with Gasteiger partial charge < -0.3 is 15.9 Å². The third-order valence-corrected chi connectivity index (χ3v) is 1.94. The Morgan fingerprint density at radius 3 is 2.69 bits per heavy atom. The van der Waals surface area contributed by atoms with Gasteiger partial charge in [-0.1, -0.05) is 11.6 Å². The predicted octanol–water partition coefficient (Wildman–Crippen LogP) is 1.18. The lowest BCUT2D eigenvalue weighted by molar-refractivity contribution is 0.265. The van der Waals surface area contributed by atoms with Crippen molar-refractivity contribution < 1.29 is 14.6 Å². The zero-order valence-corrected chi connectivity index (χ0v) is 7.42. The molecule has 0 heterocycles. The van der Waals surface area contributed by atoms with Crippen LogP contribution in [-0.4, -0.2) is 16.8 Å². The fourth-order valence-corrected chi connectivity index (χ4v) is 1.18. The van der Waals surface area contributed by atoms with Crippen LogP contribution in [0.25, 0.3) is 0 Å². The molecule has 0 fully saturated rings. The Balaban J connectivity index is 3.20. The van der Waals surface area contributed by atoms with E-state index in [0.717, 1.165) is 12.1 Å². The van der Waals surface area contributed by atoms with Gasteiger partial charge in [-0.05, 0) is 12.1 Å². The number of hydrogen-bond donors (Lipinski definition) is 3. The fourth-order valence-electron chi connectivity index (χ4n) is 0.967. The monoisotopic (exact) mass is 205 g/mol. The van der Waals surface area contributed by atoms with Crippen molar-refractivity contribution in [2.24, 2.45) is 5.73 Å². The third kappa shape index (κ3) is 2.09. The second kappa shape index (κ2) is 3.91. The molecule has 0 aromatic heterocycles. The van der Waals surface area contributed by atoms with Crippen LogP contribution in [0.4, 0.5) is 4.39 Å². The van der Waals surface area contributed by atoms with Crippen LogP contribution in [0.1, 0.15) is 11.6 Å². The molecule has 0 aliphatic rings. The summed E-state index contributed by atoms with van der Waals surface area (Å²) in [6, 6.07) is 1.19. The van der Waals surface area contributed by atoms with Gasteiger partial charge in [-0.25, -0.2) is 4.39 Å². The Kier molecular flexibility index (Phi) is 3.08. The number of aromatic hydroxyl groups is 1. The van der Waals surface area contributed by atoms with Crippen molar-refractivity contribution in [1.29, 1.82) is 0 Å². The second-order valence-corrected chi connectivity index (χ2v) is 3.02. The van der Waals surface area contributed by atoms with Crippen molar-refractivity contribution in [2.45, 2.75) is 6.04 Å². The van der Waals surface area contributed by atoms with Gasteiger partial charge in [0.15, 0.2) is 0 Å². The summed E-state index contributed by atoms with van der Waals surface area (Å²) in [5, 5.41) is 17.9. The van der Waals surface area contributed by atoms with Gasteiger partial charge in [-0.2, -0.15) is 0 Å². The summed E-state index contributed by atoms with van der Waals surface area (Å²) in [4.78, 5) is 0. The zero-order chi connectivity index (χ0) is 10.0. The van der Waals surface area contributed by atoms with Crippen LogP contribution in [0.2, 0.25) is 5.02 Å². The molecule has 0 saturated carbocycles. The molecule has 0 unspecified atom stereocenters. The highest BCUT2D eigenvalue weighted by Crippen LogP contribution is 2.31. The molecule has 1 aromatic rings. The molecule has 0 bridgehead atoms. The summed E-state index contributed by atoms with van der Waals surface area (Å²) in [5.74, 6) is -0.883. The Labute approximate surface area is 79.6 Å². The average molecular weight is 206 g/mol. The van der Waals surface area contributed by atoms with Crippen LogP contribution in [0.3, 0.4) is 0 Å². The first kappa shape index (κ1) is 10.2. The van der Waals surface area contributed by atoms with Gasteiger partial charge in [0.05, 0.1) is 17.7 Å². The minimum Gasteiger partial charge on any atom is -0.506 e. The highest BCUT2D eigenvalue weighted by atomic mass is 35.5. The van der Waals surface area contributed by atoms with Crippen LogP contribution in [0, 0.1) is 5.82 Å². The predicted molar refractivity (Wildman–Crippen MR) is 47.1 cm³/mol. The molecule has 1 rings (SSSR count). The molecule has 13 heavy (non-hydrogen) atoms. The molecule has 72 valence electrons. The van der Waals surface area contributed by atoms with Gasteiger partial charge in [0.2, 0.25) is 0 Å². The number of phenolic OH excluding ortho intramolecular Hbond substituents is 1. The van der Waals surface area contributed by atoms with Gasteiger partial charge in [-0.15, -0.1) is 0 Å². The first-order valence-electron chi connectivity index (χ1n) is 3.60. The molecule has 1 atom stereocenters. The highest BCUT2D eigenvalue weighted by molar-refractivity contribution is 6.32. The molecule has 3 nitrogen and oxygen atoms in total. The van der Waals surface area contributed by atoms with E-state index >= 15 is 0 Å². The first-order valence-corrected chi connectivity index (χ1v) is 3.98. The molecule has 0 spiro atoms. The van der Waals surface area contributed by atoms with E-state index < -0.39 is 11.9 Å². The number of benzene rings is 1. The molecule has 4 N–H and O–H groups in total. The SMILES string of the molecule is N[C@H](CO)c1cc(F)cc(Cl)c1O. The van der Waals surface area contributed by atoms with E-state index in [-0.39, 0.29) is 22.9 Å².